The highest BCUT2D eigenvalue weighted by Gasteiger charge is 2.04. The average molecular weight is 206 g/mol. The van der Waals surface area contributed by atoms with Gasteiger partial charge in [-0.2, -0.15) is 0 Å². The Hall–Kier alpha value is -1.54. The normalized spacial score (nSPS) is 10.1. The lowest BCUT2D eigenvalue weighted by Crippen LogP contribution is -1.82. The van der Waals surface area contributed by atoms with Crippen LogP contribution in [-0.2, 0) is 0 Å². The van der Waals surface area contributed by atoms with Gasteiger partial charge in [-0.05, 0) is 24.3 Å². The fourth-order valence-corrected chi connectivity index (χ4v) is 1.45. The average Bonchev–Trinajstić information content (AvgIpc) is 2.18. The van der Waals surface area contributed by atoms with Gasteiger partial charge in [-0.3, -0.25) is 4.98 Å². The number of halogens is 1. The molecule has 70 valence electrons. The molecule has 1 aromatic heterocycles. The summed E-state index contributed by atoms with van der Waals surface area (Å²) >= 11 is 5.84. The highest BCUT2D eigenvalue weighted by Crippen LogP contribution is 2.27. The third-order valence-electron chi connectivity index (χ3n) is 1.88. The summed E-state index contributed by atoms with van der Waals surface area (Å²) in [4.78, 5) is 4.08. The summed E-state index contributed by atoms with van der Waals surface area (Å²) in [5.74, 6) is 0.162. The Balaban J connectivity index is 2.55. The molecule has 0 amide bonds. The van der Waals surface area contributed by atoms with E-state index in [0.29, 0.717) is 10.7 Å². The Morgan fingerprint density at radius 1 is 1.14 bits per heavy atom. The summed E-state index contributed by atoms with van der Waals surface area (Å²) in [5, 5.41) is 10.2. The van der Waals surface area contributed by atoms with E-state index in [0.717, 1.165) is 5.56 Å². The van der Waals surface area contributed by atoms with Gasteiger partial charge in [0, 0.05) is 16.8 Å². The van der Waals surface area contributed by atoms with Crippen LogP contribution >= 0.6 is 11.6 Å². The lowest BCUT2D eigenvalue weighted by molar-refractivity contribution is 0.475. The van der Waals surface area contributed by atoms with E-state index < -0.39 is 0 Å². The number of aromatic nitrogens is 1. The van der Waals surface area contributed by atoms with Gasteiger partial charge in [0.2, 0.25) is 0 Å². The van der Waals surface area contributed by atoms with Gasteiger partial charge < -0.3 is 5.11 Å². The second-order valence-electron chi connectivity index (χ2n) is 2.88. The van der Waals surface area contributed by atoms with Gasteiger partial charge in [0.05, 0.1) is 0 Å². The predicted molar refractivity (Wildman–Crippen MR) is 56.3 cm³/mol. The number of pyridine rings is 1. The van der Waals surface area contributed by atoms with Gasteiger partial charge in [-0.15, -0.1) is 0 Å². The van der Waals surface area contributed by atoms with Crippen molar-refractivity contribution in [2.24, 2.45) is 0 Å². The van der Waals surface area contributed by atoms with Gasteiger partial charge in [0.15, 0.2) is 0 Å². The molecule has 0 radical (unpaired) electrons. The molecule has 0 saturated heterocycles. The SMILES string of the molecule is Oc1cccnc1-c1cccc(Cl)c1. The molecule has 1 N–H and O–H groups in total. The quantitative estimate of drug-likeness (QED) is 0.776. The summed E-state index contributed by atoms with van der Waals surface area (Å²) in [7, 11) is 0. The molecule has 0 fully saturated rings. The van der Waals surface area contributed by atoms with Crippen LogP contribution in [0.3, 0.4) is 0 Å². The highest BCUT2D eigenvalue weighted by molar-refractivity contribution is 6.30. The van der Waals surface area contributed by atoms with Crippen LogP contribution < -0.4 is 0 Å². The molecule has 1 heterocycles. The Bertz CT molecular complexity index is 457. The fraction of sp³-hybridized carbons (Fsp3) is 0. The predicted octanol–water partition coefficient (Wildman–Crippen LogP) is 3.11. The first kappa shape index (κ1) is 9.03. The van der Waals surface area contributed by atoms with Crippen LogP contribution in [0.25, 0.3) is 11.3 Å². The molecule has 1 aromatic carbocycles. The van der Waals surface area contributed by atoms with E-state index in [1.54, 1.807) is 30.5 Å². The Labute approximate surface area is 86.8 Å². The molecule has 0 atom stereocenters. The molecular formula is C11H8ClNO. The molecule has 0 aliphatic rings. The minimum absolute atomic E-state index is 0.162. The van der Waals surface area contributed by atoms with Crippen molar-refractivity contribution in [3.63, 3.8) is 0 Å². The van der Waals surface area contributed by atoms with E-state index in [-0.39, 0.29) is 5.75 Å². The minimum Gasteiger partial charge on any atom is -0.506 e. The van der Waals surface area contributed by atoms with Crippen molar-refractivity contribution < 1.29 is 5.11 Å². The number of hydrogen-bond donors (Lipinski definition) is 1. The van der Waals surface area contributed by atoms with Gasteiger partial charge in [-0.25, -0.2) is 0 Å². The third kappa shape index (κ3) is 1.70. The summed E-state index contributed by atoms with van der Waals surface area (Å²) < 4.78 is 0. The monoisotopic (exact) mass is 205 g/mol. The van der Waals surface area contributed by atoms with Gasteiger partial charge in [0.1, 0.15) is 11.4 Å². The van der Waals surface area contributed by atoms with E-state index in [1.807, 2.05) is 12.1 Å². The number of benzene rings is 1. The number of rotatable bonds is 1. The molecule has 14 heavy (non-hydrogen) atoms. The molecule has 2 nitrogen and oxygen atoms in total. The van der Waals surface area contributed by atoms with E-state index in [1.165, 1.54) is 0 Å². The molecule has 0 spiro atoms. The van der Waals surface area contributed by atoms with Crippen molar-refractivity contribution in [1.29, 1.82) is 0 Å². The van der Waals surface area contributed by atoms with Gasteiger partial charge >= 0.3 is 0 Å². The lowest BCUT2D eigenvalue weighted by Gasteiger charge is -2.02. The second-order valence-corrected chi connectivity index (χ2v) is 3.32. The van der Waals surface area contributed by atoms with Crippen molar-refractivity contribution in [2.45, 2.75) is 0 Å². The van der Waals surface area contributed by atoms with Crippen molar-refractivity contribution >= 4 is 11.6 Å². The molecule has 0 unspecified atom stereocenters. The molecule has 0 saturated carbocycles. The maximum atomic E-state index is 9.55. The van der Waals surface area contributed by atoms with Gasteiger partial charge in [0.25, 0.3) is 0 Å². The van der Waals surface area contributed by atoms with Crippen LogP contribution in [0.2, 0.25) is 5.02 Å². The molecule has 0 aliphatic carbocycles. The fourth-order valence-electron chi connectivity index (χ4n) is 1.26. The van der Waals surface area contributed by atoms with Crippen LogP contribution in [0.5, 0.6) is 5.75 Å². The number of aromatic hydroxyl groups is 1. The third-order valence-corrected chi connectivity index (χ3v) is 2.12. The van der Waals surface area contributed by atoms with Crippen molar-refractivity contribution in [1.82, 2.24) is 4.98 Å². The van der Waals surface area contributed by atoms with Crippen LogP contribution in [-0.4, -0.2) is 10.1 Å². The van der Waals surface area contributed by atoms with Crippen molar-refractivity contribution in [3.05, 3.63) is 47.6 Å². The van der Waals surface area contributed by atoms with Crippen LogP contribution in [0, 0.1) is 0 Å². The van der Waals surface area contributed by atoms with Gasteiger partial charge in [-0.1, -0.05) is 23.7 Å². The maximum Gasteiger partial charge on any atom is 0.141 e. The Morgan fingerprint density at radius 2 is 2.00 bits per heavy atom. The standard InChI is InChI=1S/C11H8ClNO/c12-9-4-1-3-8(7-9)11-10(14)5-2-6-13-11/h1-7,14H. The zero-order valence-corrected chi connectivity index (χ0v) is 8.07. The molecule has 2 aromatic rings. The van der Waals surface area contributed by atoms with Crippen LogP contribution in [0.1, 0.15) is 0 Å². The summed E-state index contributed by atoms with van der Waals surface area (Å²) in [6, 6.07) is 10.5. The molecular weight excluding hydrogens is 198 g/mol. The zero-order valence-electron chi connectivity index (χ0n) is 7.31. The lowest BCUT2D eigenvalue weighted by atomic mass is 10.1. The maximum absolute atomic E-state index is 9.55. The number of nitrogens with zero attached hydrogens (tertiary/aromatic N) is 1. The smallest absolute Gasteiger partial charge is 0.141 e. The van der Waals surface area contributed by atoms with Crippen LogP contribution in [0.15, 0.2) is 42.6 Å². The largest absolute Gasteiger partial charge is 0.506 e. The highest BCUT2D eigenvalue weighted by atomic mass is 35.5. The summed E-state index contributed by atoms with van der Waals surface area (Å²) in [6.45, 7) is 0. The van der Waals surface area contributed by atoms with E-state index in [9.17, 15) is 5.11 Å². The number of hydrogen-bond acceptors (Lipinski definition) is 2. The molecule has 0 bridgehead atoms. The topological polar surface area (TPSA) is 33.1 Å². The first-order valence-corrected chi connectivity index (χ1v) is 4.55. The van der Waals surface area contributed by atoms with E-state index >= 15 is 0 Å². The molecule has 0 aliphatic heterocycles. The van der Waals surface area contributed by atoms with Crippen molar-refractivity contribution in [3.8, 4) is 17.0 Å². The summed E-state index contributed by atoms with van der Waals surface area (Å²) in [6.07, 6.45) is 1.63. The minimum atomic E-state index is 0.162. The molecule has 2 rings (SSSR count). The van der Waals surface area contributed by atoms with Crippen LogP contribution in [0.4, 0.5) is 0 Å². The van der Waals surface area contributed by atoms with E-state index in [4.69, 9.17) is 11.6 Å². The molecule has 3 heteroatoms. The Kier molecular flexibility index (Phi) is 2.37. The van der Waals surface area contributed by atoms with E-state index in [2.05, 4.69) is 4.98 Å². The first-order chi connectivity index (χ1) is 6.77. The van der Waals surface area contributed by atoms with Crippen molar-refractivity contribution in [2.75, 3.05) is 0 Å². The second kappa shape index (κ2) is 3.68. The zero-order chi connectivity index (χ0) is 9.97. The Morgan fingerprint density at radius 3 is 2.71 bits per heavy atom. The first-order valence-electron chi connectivity index (χ1n) is 4.17. The summed E-state index contributed by atoms with van der Waals surface area (Å²) in [5.41, 5.74) is 1.37.